The van der Waals surface area contributed by atoms with Gasteiger partial charge in [-0.3, -0.25) is 4.57 Å². The van der Waals surface area contributed by atoms with Crippen molar-refractivity contribution in [3.05, 3.63) is 12.7 Å². The molecule has 5 N–H and O–H groups in total. The summed E-state index contributed by atoms with van der Waals surface area (Å²) < 4.78 is 7.03. The number of rotatable bonds is 7. The van der Waals surface area contributed by atoms with Gasteiger partial charge in [0.25, 0.3) is 0 Å². The van der Waals surface area contributed by atoms with Crippen LogP contribution in [-0.2, 0) is 4.74 Å². The van der Waals surface area contributed by atoms with Gasteiger partial charge in [0.2, 0.25) is 0 Å². The molecule has 1 fully saturated rings. The molecule has 0 aromatic carbocycles. The van der Waals surface area contributed by atoms with E-state index in [1.165, 1.54) is 17.2 Å². The summed E-state index contributed by atoms with van der Waals surface area (Å²) in [6.07, 6.45) is -0.539. The van der Waals surface area contributed by atoms with Crippen LogP contribution in [0.5, 0.6) is 0 Å². The Morgan fingerprint density at radius 1 is 1.24 bits per heavy atom. The number of aromatic nitrogens is 4. The van der Waals surface area contributed by atoms with Gasteiger partial charge in [-0.05, 0) is 12.3 Å². The zero-order valence-electron chi connectivity index (χ0n) is 13.9. The summed E-state index contributed by atoms with van der Waals surface area (Å²) in [5, 5.41) is 41.5. The highest BCUT2D eigenvalue weighted by Crippen LogP contribution is 2.32. The van der Waals surface area contributed by atoms with Crippen molar-refractivity contribution in [1.82, 2.24) is 19.5 Å². The molecule has 1 aliphatic rings. The van der Waals surface area contributed by atoms with Gasteiger partial charge in [-0.15, -0.1) is 0 Å². The first-order valence-electron chi connectivity index (χ1n) is 8.21. The van der Waals surface area contributed by atoms with Crippen LogP contribution in [0.3, 0.4) is 0 Å². The van der Waals surface area contributed by atoms with Crippen LogP contribution >= 0.6 is 0 Å². The summed E-state index contributed by atoms with van der Waals surface area (Å²) in [6.45, 7) is 2.30. The van der Waals surface area contributed by atoms with Crippen molar-refractivity contribution >= 4 is 17.0 Å². The molecule has 25 heavy (non-hydrogen) atoms. The van der Waals surface area contributed by atoms with Crippen LogP contribution in [0.1, 0.15) is 19.6 Å². The van der Waals surface area contributed by atoms with Gasteiger partial charge in [-0.1, -0.05) is 6.92 Å². The largest absolute Gasteiger partial charge is 0.396 e. The third kappa shape index (κ3) is 3.44. The van der Waals surface area contributed by atoms with Crippen LogP contribution in [0.25, 0.3) is 11.2 Å². The summed E-state index contributed by atoms with van der Waals surface area (Å²) in [6, 6.07) is 0. The number of hydrogen-bond donors (Lipinski definition) is 5. The van der Waals surface area contributed by atoms with E-state index in [-0.39, 0.29) is 12.5 Å². The van der Waals surface area contributed by atoms with Crippen LogP contribution in [0.2, 0.25) is 0 Å². The van der Waals surface area contributed by atoms with E-state index in [2.05, 4.69) is 20.3 Å². The van der Waals surface area contributed by atoms with Gasteiger partial charge in [-0.2, -0.15) is 0 Å². The van der Waals surface area contributed by atoms with E-state index in [4.69, 9.17) is 9.84 Å². The number of imidazole rings is 1. The van der Waals surface area contributed by atoms with Gasteiger partial charge in [0, 0.05) is 13.2 Å². The number of hydrogen-bond acceptors (Lipinski definition) is 9. The molecule has 0 amide bonds. The molecule has 0 aliphatic carbocycles. The molecule has 2 unspecified atom stereocenters. The molecule has 1 aliphatic heterocycles. The first-order chi connectivity index (χ1) is 12.1. The third-order valence-electron chi connectivity index (χ3n) is 4.39. The summed E-state index contributed by atoms with van der Waals surface area (Å²) in [4.78, 5) is 12.7. The van der Waals surface area contributed by atoms with Crippen LogP contribution in [0.15, 0.2) is 12.7 Å². The van der Waals surface area contributed by atoms with Crippen molar-refractivity contribution in [2.75, 3.05) is 25.1 Å². The second-order valence-electron chi connectivity index (χ2n) is 6.28. The highest BCUT2D eigenvalue weighted by molar-refractivity contribution is 5.82. The maximum Gasteiger partial charge on any atom is 0.167 e. The van der Waals surface area contributed by atoms with Crippen molar-refractivity contribution in [1.29, 1.82) is 0 Å². The van der Waals surface area contributed by atoms with E-state index in [9.17, 15) is 15.3 Å². The molecule has 0 bridgehead atoms. The molecular formula is C15H23N5O5. The Balaban J connectivity index is 1.81. The van der Waals surface area contributed by atoms with E-state index in [1.54, 1.807) is 0 Å². The Morgan fingerprint density at radius 3 is 2.72 bits per heavy atom. The average molecular weight is 353 g/mol. The van der Waals surface area contributed by atoms with E-state index in [0.717, 1.165) is 6.42 Å². The van der Waals surface area contributed by atoms with Crippen LogP contribution < -0.4 is 5.32 Å². The predicted molar refractivity (Wildman–Crippen MR) is 87.7 cm³/mol. The Morgan fingerprint density at radius 2 is 2.04 bits per heavy atom. The normalized spacial score (nSPS) is 27.7. The van der Waals surface area contributed by atoms with Gasteiger partial charge < -0.3 is 30.5 Å². The fraction of sp³-hybridized carbons (Fsp3) is 0.667. The van der Waals surface area contributed by atoms with Crippen LogP contribution in [0.4, 0.5) is 5.82 Å². The van der Waals surface area contributed by atoms with Crippen molar-refractivity contribution in [3.8, 4) is 0 Å². The summed E-state index contributed by atoms with van der Waals surface area (Å²) in [7, 11) is 0. The van der Waals surface area contributed by atoms with Gasteiger partial charge in [-0.25, -0.2) is 15.0 Å². The number of fused-ring (bicyclic) bond motifs is 1. The lowest BCUT2D eigenvalue weighted by molar-refractivity contribution is -0.0511. The van der Waals surface area contributed by atoms with Crippen LogP contribution in [-0.4, -0.2) is 78.0 Å². The lowest BCUT2D eigenvalue weighted by atomic mass is 10.1. The molecule has 10 heteroatoms. The molecule has 10 nitrogen and oxygen atoms in total. The summed E-state index contributed by atoms with van der Waals surface area (Å²) in [5.74, 6) is 0.724. The highest BCUT2D eigenvalue weighted by atomic mass is 16.6. The van der Waals surface area contributed by atoms with Crippen molar-refractivity contribution in [2.24, 2.45) is 5.92 Å². The molecular weight excluding hydrogens is 330 g/mol. The highest BCUT2D eigenvalue weighted by Gasteiger charge is 2.44. The standard InChI is InChI=1S/C15H23N5O5/c1-8(4-21)2-3-16-13-10-14(18-6-17-13)20(7-19-10)15-12(24)11(23)9(5-22)25-15/h6-9,11-12,15,21-24H,2-5H2,1H3,(H,16,17,18)/t8?,9-,11?,12+,15-/m1/s1. The number of aliphatic hydroxyl groups is 4. The van der Waals surface area contributed by atoms with Gasteiger partial charge in [0.15, 0.2) is 23.2 Å². The minimum atomic E-state index is -1.20. The van der Waals surface area contributed by atoms with Crippen molar-refractivity contribution in [3.63, 3.8) is 0 Å². The molecule has 2 aromatic rings. The minimum Gasteiger partial charge on any atom is -0.396 e. The van der Waals surface area contributed by atoms with E-state index < -0.39 is 31.1 Å². The SMILES string of the molecule is CC(CO)CCNc1ncnc2c1ncn2[C@@H]1O[C@H](CO)C(O)[C@@H]1O. The molecule has 138 valence electrons. The van der Waals surface area contributed by atoms with Gasteiger partial charge in [0.05, 0.1) is 12.9 Å². The fourth-order valence-electron chi connectivity index (χ4n) is 2.81. The molecule has 1 saturated heterocycles. The average Bonchev–Trinajstić information content (AvgIpc) is 3.17. The van der Waals surface area contributed by atoms with Crippen LogP contribution in [0, 0.1) is 5.92 Å². The fourth-order valence-corrected chi connectivity index (χ4v) is 2.81. The second kappa shape index (κ2) is 7.58. The van der Waals surface area contributed by atoms with Crippen molar-refractivity contribution in [2.45, 2.75) is 37.9 Å². The Bertz CT molecular complexity index is 711. The first kappa shape index (κ1) is 18.0. The molecule has 3 rings (SSSR count). The van der Waals surface area contributed by atoms with E-state index in [1.807, 2.05) is 6.92 Å². The van der Waals surface area contributed by atoms with E-state index in [0.29, 0.717) is 23.5 Å². The molecule has 0 radical (unpaired) electrons. The molecule has 0 saturated carbocycles. The predicted octanol–water partition coefficient (Wildman–Crippen LogP) is -1.13. The molecule has 2 aromatic heterocycles. The Kier molecular flexibility index (Phi) is 5.45. The first-order valence-corrected chi connectivity index (χ1v) is 8.21. The van der Waals surface area contributed by atoms with Gasteiger partial charge >= 0.3 is 0 Å². The minimum absolute atomic E-state index is 0.126. The lowest BCUT2D eigenvalue weighted by Gasteiger charge is -2.16. The lowest BCUT2D eigenvalue weighted by Crippen LogP contribution is -2.33. The Hall–Kier alpha value is -1.85. The molecule has 3 heterocycles. The quantitative estimate of drug-likeness (QED) is 0.417. The molecule has 0 spiro atoms. The molecule has 5 atom stereocenters. The number of nitrogens with zero attached hydrogens (tertiary/aromatic N) is 4. The number of ether oxygens (including phenoxy) is 1. The maximum absolute atomic E-state index is 10.2. The van der Waals surface area contributed by atoms with Gasteiger partial charge in [0.1, 0.15) is 24.6 Å². The monoisotopic (exact) mass is 353 g/mol. The smallest absolute Gasteiger partial charge is 0.167 e. The summed E-state index contributed by atoms with van der Waals surface area (Å²) >= 11 is 0. The number of anilines is 1. The maximum atomic E-state index is 10.2. The zero-order chi connectivity index (χ0) is 18.0. The second-order valence-corrected chi connectivity index (χ2v) is 6.28. The number of aliphatic hydroxyl groups excluding tert-OH is 4. The van der Waals surface area contributed by atoms with E-state index >= 15 is 0 Å². The zero-order valence-corrected chi connectivity index (χ0v) is 13.9. The Labute approximate surface area is 144 Å². The third-order valence-corrected chi connectivity index (χ3v) is 4.39. The summed E-state index contributed by atoms with van der Waals surface area (Å²) in [5.41, 5.74) is 0.958. The topological polar surface area (TPSA) is 146 Å². The van der Waals surface area contributed by atoms with Crippen molar-refractivity contribution < 1.29 is 25.2 Å². The number of nitrogens with one attached hydrogen (secondary N) is 1.